The van der Waals surface area contributed by atoms with E-state index < -0.39 is 42.2 Å². The first-order chi connectivity index (χ1) is 20.3. The lowest BCUT2D eigenvalue weighted by Gasteiger charge is -2.71. The second-order valence-electron chi connectivity index (χ2n) is 18.2. The van der Waals surface area contributed by atoms with E-state index >= 15 is 0 Å². The molecular weight excluding hydrogens is 560 g/mol. The van der Waals surface area contributed by atoms with Crippen molar-refractivity contribution in [2.75, 3.05) is 13.2 Å². The van der Waals surface area contributed by atoms with Crippen LogP contribution >= 0.6 is 0 Å². The van der Waals surface area contributed by atoms with Crippen molar-refractivity contribution in [1.82, 2.24) is 0 Å². The van der Waals surface area contributed by atoms with Gasteiger partial charge in [0.25, 0.3) is 0 Å². The third-order valence-electron chi connectivity index (χ3n) is 14.7. The van der Waals surface area contributed by atoms with Crippen LogP contribution in [-0.2, 0) is 14.2 Å². The molecule has 15 atom stereocenters. The van der Waals surface area contributed by atoms with Crippen LogP contribution in [0, 0.1) is 44.3 Å². The molecule has 5 N–H and O–H groups in total. The van der Waals surface area contributed by atoms with E-state index in [9.17, 15) is 25.5 Å². The highest BCUT2D eigenvalue weighted by Crippen LogP contribution is 2.76. The molecule has 6 rings (SSSR count). The number of aliphatic hydroxyl groups is 5. The number of rotatable bonds is 5. The zero-order valence-electron chi connectivity index (χ0n) is 28.4. The van der Waals surface area contributed by atoms with Gasteiger partial charge in [-0.3, -0.25) is 0 Å². The fraction of sp³-hybridized carbons (Fsp3) is 0.944. The SMILES string of the molecule is C[C@H]1O[C@@H](O[C@H]2CC[C@@]3(C)[C@@H](CC[C@]4(C)[C@@H]3C=C[C@@]35C[C@@](CCC(C)(C)C)(CO3)[C@H](O)C[C@]54C)[C@]2(C)CO)[C@H](O)[C@@H](O)[C@H]1O. The summed E-state index contributed by atoms with van der Waals surface area (Å²) in [4.78, 5) is 0. The number of hydrogen-bond donors (Lipinski definition) is 5. The molecule has 8 nitrogen and oxygen atoms in total. The molecule has 8 heteroatoms. The van der Waals surface area contributed by atoms with Crippen molar-refractivity contribution in [2.24, 2.45) is 44.3 Å². The van der Waals surface area contributed by atoms with E-state index in [4.69, 9.17) is 14.2 Å². The van der Waals surface area contributed by atoms with Gasteiger partial charge in [0, 0.05) is 16.2 Å². The number of hydrogen-bond acceptors (Lipinski definition) is 8. The Morgan fingerprint density at radius 3 is 2.32 bits per heavy atom. The molecule has 252 valence electrons. The maximum atomic E-state index is 11.9. The molecule has 44 heavy (non-hydrogen) atoms. The van der Waals surface area contributed by atoms with Gasteiger partial charge in [-0.25, -0.2) is 0 Å². The van der Waals surface area contributed by atoms with Crippen molar-refractivity contribution in [2.45, 2.75) is 155 Å². The highest BCUT2D eigenvalue weighted by atomic mass is 16.7. The van der Waals surface area contributed by atoms with Crippen LogP contribution in [0.3, 0.4) is 0 Å². The summed E-state index contributed by atoms with van der Waals surface area (Å²) in [6, 6.07) is 0. The molecule has 0 aromatic carbocycles. The van der Waals surface area contributed by atoms with E-state index in [0.29, 0.717) is 13.0 Å². The number of fused-ring (bicyclic) bond motifs is 5. The van der Waals surface area contributed by atoms with Gasteiger partial charge in [-0.05, 0) is 86.4 Å². The summed E-state index contributed by atoms with van der Waals surface area (Å²) in [6.45, 7) is 18.4. The molecule has 2 aliphatic heterocycles. The van der Waals surface area contributed by atoms with E-state index in [1.807, 2.05) is 0 Å². The first kappa shape index (κ1) is 33.3. The zero-order chi connectivity index (χ0) is 32.3. The largest absolute Gasteiger partial charge is 0.396 e. The summed E-state index contributed by atoms with van der Waals surface area (Å²) in [5.41, 5.74) is -1.41. The molecule has 2 heterocycles. The predicted octanol–water partition coefficient (Wildman–Crippen LogP) is 4.34. The van der Waals surface area contributed by atoms with E-state index in [-0.39, 0.29) is 57.2 Å². The van der Waals surface area contributed by atoms with Crippen LogP contribution < -0.4 is 0 Å². The zero-order valence-corrected chi connectivity index (χ0v) is 28.4. The predicted molar refractivity (Wildman–Crippen MR) is 166 cm³/mol. The molecule has 1 spiro atoms. The summed E-state index contributed by atoms with van der Waals surface area (Å²) < 4.78 is 19.2. The van der Waals surface area contributed by atoms with Crippen LogP contribution in [0.1, 0.15) is 107 Å². The fourth-order valence-electron chi connectivity index (χ4n) is 11.5. The van der Waals surface area contributed by atoms with Crippen molar-refractivity contribution in [3.8, 4) is 0 Å². The average Bonchev–Trinajstić information content (AvgIpc) is 3.31. The second kappa shape index (κ2) is 10.5. The van der Waals surface area contributed by atoms with Crippen LogP contribution in [0.25, 0.3) is 0 Å². The first-order valence-electron chi connectivity index (χ1n) is 17.3. The van der Waals surface area contributed by atoms with Crippen molar-refractivity contribution >= 4 is 0 Å². The van der Waals surface area contributed by atoms with Gasteiger partial charge >= 0.3 is 0 Å². The number of ether oxygens (including phenoxy) is 3. The number of aliphatic hydroxyl groups excluding tert-OH is 5. The minimum Gasteiger partial charge on any atom is -0.396 e. The summed E-state index contributed by atoms with van der Waals surface area (Å²) in [7, 11) is 0. The van der Waals surface area contributed by atoms with Crippen molar-refractivity contribution < 1.29 is 39.7 Å². The maximum absolute atomic E-state index is 11.9. The molecule has 0 aromatic heterocycles. The molecule has 6 aliphatic rings. The molecule has 4 aliphatic carbocycles. The maximum Gasteiger partial charge on any atom is 0.186 e. The van der Waals surface area contributed by atoms with E-state index in [1.165, 1.54) is 0 Å². The summed E-state index contributed by atoms with van der Waals surface area (Å²) in [5.74, 6) is 0.389. The third kappa shape index (κ3) is 4.44. The molecular formula is C36H60O8. The van der Waals surface area contributed by atoms with Crippen LogP contribution in [0.15, 0.2) is 12.2 Å². The third-order valence-corrected chi connectivity index (χ3v) is 14.7. The minimum absolute atomic E-state index is 0.0616. The molecule has 0 unspecified atom stereocenters. The molecule has 0 radical (unpaired) electrons. The normalized spacial score (nSPS) is 57.0. The van der Waals surface area contributed by atoms with Crippen molar-refractivity contribution in [3.63, 3.8) is 0 Å². The van der Waals surface area contributed by atoms with Crippen molar-refractivity contribution in [1.29, 1.82) is 0 Å². The van der Waals surface area contributed by atoms with Gasteiger partial charge in [-0.2, -0.15) is 0 Å². The lowest BCUT2D eigenvalue weighted by molar-refractivity contribution is -0.328. The Labute approximate surface area is 264 Å². The van der Waals surface area contributed by atoms with Gasteiger partial charge in [0.1, 0.15) is 18.3 Å². The Morgan fingerprint density at radius 2 is 1.66 bits per heavy atom. The van der Waals surface area contributed by atoms with Crippen molar-refractivity contribution in [3.05, 3.63) is 12.2 Å². The smallest absolute Gasteiger partial charge is 0.186 e. The van der Waals surface area contributed by atoms with Gasteiger partial charge in [0.15, 0.2) is 6.29 Å². The van der Waals surface area contributed by atoms with E-state index in [0.717, 1.165) is 44.9 Å². The highest BCUT2D eigenvalue weighted by molar-refractivity contribution is 5.33. The molecule has 2 bridgehead atoms. The average molecular weight is 621 g/mol. The molecule has 5 fully saturated rings. The Kier molecular flexibility index (Phi) is 7.92. The minimum atomic E-state index is -1.37. The molecule has 3 saturated carbocycles. The quantitative estimate of drug-likeness (QED) is 0.227. The van der Waals surface area contributed by atoms with Gasteiger partial charge in [0.2, 0.25) is 0 Å². The standard InChI is InChI=1S/C36H60O8/c1-21-26(39)27(40)28(41)29(43-21)44-25-11-12-31(5)22(32(25,6)19-37)9-13-33(7)23(31)10-14-36-18-35(20-42-36,16-15-30(2,3)4)24(38)17-34(33,36)8/h10,14,21-29,37-41H,9,11-13,15-20H2,1-8H3/t21-,22-,23-,24-,25+,26+,27+,28-,29+,31+,32+,33-,34+,35+,36+/m1/s1. The molecule has 0 aromatic rings. The fourth-order valence-corrected chi connectivity index (χ4v) is 11.5. The van der Waals surface area contributed by atoms with Crippen LogP contribution in [0.2, 0.25) is 0 Å². The van der Waals surface area contributed by atoms with Crippen LogP contribution in [0.5, 0.6) is 0 Å². The van der Waals surface area contributed by atoms with Gasteiger partial charge in [-0.1, -0.05) is 60.6 Å². The Morgan fingerprint density at radius 1 is 0.955 bits per heavy atom. The summed E-state index contributed by atoms with van der Waals surface area (Å²) in [6.07, 6.45) is 5.48. The van der Waals surface area contributed by atoms with Crippen LogP contribution in [-0.4, -0.2) is 87.3 Å². The first-order valence-corrected chi connectivity index (χ1v) is 17.3. The monoisotopic (exact) mass is 620 g/mol. The van der Waals surface area contributed by atoms with Crippen LogP contribution in [0.4, 0.5) is 0 Å². The topological polar surface area (TPSA) is 129 Å². The van der Waals surface area contributed by atoms with Gasteiger partial charge < -0.3 is 39.7 Å². The summed E-state index contributed by atoms with van der Waals surface area (Å²) >= 11 is 0. The summed E-state index contributed by atoms with van der Waals surface area (Å²) in [5, 5.41) is 54.2. The molecule has 2 saturated heterocycles. The van der Waals surface area contributed by atoms with Gasteiger partial charge in [0.05, 0.1) is 37.1 Å². The highest BCUT2D eigenvalue weighted by Gasteiger charge is 2.75. The molecule has 0 amide bonds. The Bertz CT molecular complexity index is 1140. The number of allylic oxidation sites excluding steroid dienone is 1. The van der Waals surface area contributed by atoms with E-state index in [1.54, 1.807) is 6.92 Å². The second-order valence-corrected chi connectivity index (χ2v) is 18.2. The Balaban J connectivity index is 1.29. The lowest BCUT2D eigenvalue weighted by Crippen LogP contribution is -2.70. The van der Waals surface area contributed by atoms with E-state index in [2.05, 4.69) is 60.6 Å². The Hall–Kier alpha value is -0.580. The van der Waals surface area contributed by atoms with Gasteiger partial charge in [-0.15, -0.1) is 0 Å². The lowest BCUT2D eigenvalue weighted by atomic mass is 9.34.